The molecule has 1 atom stereocenters. The van der Waals surface area contributed by atoms with Gasteiger partial charge in [0, 0.05) is 19.0 Å². The second kappa shape index (κ2) is 16.0. The van der Waals surface area contributed by atoms with Crippen LogP contribution in [-0.2, 0) is 32.6 Å². The molecule has 1 aliphatic carbocycles. The summed E-state index contributed by atoms with van der Waals surface area (Å²) in [5.74, 6) is -0.161. The number of sulfonamides is 1. The Balaban J connectivity index is 1.56. The smallest absolute Gasteiger partial charge is 0.264 e. The molecule has 4 aromatic carbocycles. The van der Waals surface area contributed by atoms with Crippen molar-refractivity contribution in [3.05, 3.63) is 125 Å². The number of hydrogen-bond acceptors (Lipinski definition) is 5. The predicted octanol–water partition coefficient (Wildman–Crippen LogP) is 6.60. The van der Waals surface area contributed by atoms with E-state index in [1.54, 1.807) is 53.4 Å². The number of nitrogens with one attached hydrogen (secondary N) is 1. The minimum absolute atomic E-state index is 0.0403. The van der Waals surface area contributed by atoms with Crippen molar-refractivity contribution in [2.75, 3.05) is 18.0 Å². The van der Waals surface area contributed by atoms with Crippen molar-refractivity contribution < 1.29 is 22.7 Å². The van der Waals surface area contributed by atoms with Crippen LogP contribution < -0.4 is 14.4 Å². The van der Waals surface area contributed by atoms with E-state index in [0.717, 1.165) is 58.7 Å². The van der Waals surface area contributed by atoms with E-state index in [-0.39, 0.29) is 29.8 Å². The minimum Gasteiger partial charge on any atom is -0.497 e. The number of amides is 2. The molecule has 9 heteroatoms. The van der Waals surface area contributed by atoms with Crippen LogP contribution >= 0.6 is 0 Å². The van der Waals surface area contributed by atoms with E-state index < -0.39 is 28.5 Å². The molecule has 1 saturated carbocycles. The second-order valence-electron chi connectivity index (χ2n) is 12.6. The first-order chi connectivity index (χ1) is 23.1. The molecule has 8 nitrogen and oxygen atoms in total. The second-order valence-corrected chi connectivity index (χ2v) is 14.4. The van der Waals surface area contributed by atoms with Gasteiger partial charge in [-0.25, -0.2) is 8.42 Å². The lowest BCUT2D eigenvalue weighted by Gasteiger charge is -2.35. The van der Waals surface area contributed by atoms with Crippen LogP contribution in [0.25, 0.3) is 0 Å². The van der Waals surface area contributed by atoms with Crippen LogP contribution in [0.2, 0.25) is 0 Å². The zero-order valence-electron chi connectivity index (χ0n) is 28.0. The average molecular weight is 668 g/mol. The van der Waals surface area contributed by atoms with E-state index in [9.17, 15) is 18.0 Å². The zero-order valence-corrected chi connectivity index (χ0v) is 28.8. The molecule has 48 heavy (non-hydrogen) atoms. The van der Waals surface area contributed by atoms with Crippen molar-refractivity contribution >= 4 is 27.5 Å². The fraction of sp³-hybridized carbons (Fsp3) is 0.333. The number of anilines is 1. The van der Waals surface area contributed by atoms with Crippen molar-refractivity contribution in [1.29, 1.82) is 0 Å². The first kappa shape index (κ1) is 34.7. The number of carbonyl (C=O) groups excluding carboxylic acids is 2. The Hall–Kier alpha value is -4.63. The Labute approximate surface area is 284 Å². The van der Waals surface area contributed by atoms with E-state index in [1.165, 1.54) is 7.11 Å². The Kier molecular flexibility index (Phi) is 11.5. The van der Waals surface area contributed by atoms with E-state index in [1.807, 2.05) is 68.4 Å². The van der Waals surface area contributed by atoms with Gasteiger partial charge < -0.3 is 15.0 Å². The van der Waals surface area contributed by atoms with Gasteiger partial charge in [0.25, 0.3) is 10.0 Å². The lowest BCUT2D eigenvalue weighted by molar-refractivity contribution is -0.140. The predicted molar refractivity (Wildman–Crippen MR) is 189 cm³/mol. The molecule has 1 N–H and O–H groups in total. The van der Waals surface area contributed by atoms with Crippen molar-refractivity contribution in [3.8, 4) is 5.75 Å². The van der Waals surface area contributed by atoms with Gasteiger partial charge in [0.15, 0.2) is 0 Å². The third-order valence-corrected chi connectivity index (χ3v) is 10.7. The van der Waals surface area contributed by atoms with Gasteiger partial charge in [-0.1, -0.05) is 97.1 Å². The van der Waals surface area contributed by atoms with Gasteiger partial charge in [0.1, 0.15) is 18.3 Å². The lowest BCUT2D eigenvalue weighted by Crippen LogP contribution is -2.55. The van der Waals surface area contributed by atoms with Crippen molar-refractivity contribution in [2.24, 2.45) is 0 Å². The molecule has 0 spiro atoms. The maximum absolute atomic E-state index is 14.7. The molecule has 1 fully saturated rings. The van der Waals surface area contributed by atoms with Crippen molar-refractivity contribution in [3.63, 3.8) is 0 Å². The van der Waals surface area contributed by atoms with Crippen LogP contribution in [0.5, 0.6) is 5.75 Å². The summed E-state index contributed by atoms with van der Waals surface area (Å²) in [5, 5.41) is 3.25. The van der Waals surface area contributed by atoms with Gasteiger partial charge >= 0.3 is 0 Å². The van der Waals surface area contributed by atoms with Crippen LogP contribution in [0.4, 0.5) is 5.69 Å². The Morgan fingerprint density at radius 2 is 1.40 bits per heavy atom. The summed E-state index contributed by atoms with van der Waals surface area (Å²) in [6, 6.07) is 29.8. The highest BCUT2D eigenvalue weighted by Gasteiger charge is 2.35. The Bertz CT molecular complexity index is 1750. The molecule has 0 aliphatic heterocycles. The number of aryl methyl sites for hydroxylation is 2. The fourth-order valence-corrected chi connectivity index (χ4v) is 7.52. The molecule has 1 aliphatic rings. The van der Waals surface area contributed by atoms with E-state index >= 15 is 0 Å². The molecule has 252 valence electrons. The van der Waals surface area contributed by atoms with Crippen LogP contribution in [-0.4, -0.2) is 50.9 Å². The Morgan fingerprint density at radius 3 is 2.00 bits per heavy atom. The quantitative estimate of drug-likeness (QED) is 0.174. The fourth-order valence-electron chi connectivity index (χ4n) is 6.10. The van der Waals surface area contributed by atoms with Gasteiger partial charge in [0.05, 0.1) is 17.7 Å². The van der Waals surface area contributed by atoms with E-state index in [4.69, 9.17) is 4.74 Å². The topological polar surface area (TPSA) is 96.0 Å². The highest BCUT2D eigenvalue weighted by molar-refractivity contribution is 7.92. The number of hydrogen-bond donors (Lipinski definition) is 1. The lowest BCUT2D eigenvalue weighted by atomic mass is 9.94. The SMILES string of the molecule is COc1ccc(N(CC(=O)N(Cc2ccc(C)cc2)[C@@H](Cc2ccccc2)C(=O)NC2CCCCC2)S(=O)(=O)c2ccc(C)cc2)cc1. The summed E-state index contributed by atoms with van der Waals surface area (Å²) in [6.07, 6.45) is 5.33. The number of ether oxygens (including phenoxy) is 1. The van der Waals surface area contributed by atoms with Crippen molar-refractivity contribution in [2.45, 2.75) is 75.9 Å². The molecular weight excluding hydrogens is 623 g/mol. The summed E-state index contributed by atoms with van der Waals surface area (Å²) in [5.41, 5.74) is 4.05. The third kappa shape index (κ3) is 8.83. The molecular formula is C39H45N3O5S. The number of methoxy groups -OCH3 is 1. The number of carbonyl (C=O) groups is 2. The van der Waals surface area contributed by atoms with E-state index in [0.29, 0.717) is 11.4 Å². The summed E-state index contributed by atoms with van der Waals surface area (Å²) in [7, 11) is -2.65. The van der Waals surface area contributed by atoms with E-state index in [2.05, 4.69) is 5.32 Å². The summed E-state index contributed by atoms with van der Waals surface area (Å²) in [4.78, 5) is 30.5. The molecule has 2 amide bonds. The normalized spacial score (nSPS) is 14.1. The monoisotopic (exact) mass is 667 g/mol. The molecule has 0 unspecified atom stereocenters. The molecule has 0 heterocycles. The molecule has 5 rings (SSSR count). The molecule has 0 radical (unpaired) electrons. The number of rotatable bonds is 13. The highest BCUT2D eigenvalue weighted by Crippen LogP contribution is 2.27. The number of benzene rings is 4. The summed E-state index contributed by atoms with van der Waals surface area (Å²) >= 11 is 0. The maximum atomic E-state index is 14.7. The van der Waals surface area contributed by atoms with Gasteiger partial charge in [0.2, 0.25) is 11.8 Å². The number of nitrogens with zero attached hydrogens (tertiary/aromatic N) is 2. The summed E-state index contributed by atoms with van der Waals surface area (Å²) < 4.78 is 34.9. The largest absolute Gasteiger partial charge is 0.497 e. The molecule has 0 bridgehead atoms. The average Bonchev–Trinajstić information content (AvgIpc) is 3.10. The van der Waals surface area contributed by atoms with Crippen LogP contribution in [0.1, 0.15) is 54.4 Å². The Morgan fingerprint density at radius 1 is 0.792 bits per heavy atom. The van der Waals surface area contributed by atoms with Gasteiger partial charge in [-0.05, 0) is 74.2 Å². The van der Waals surface area contributed by atoms with Crippen molar-refractivity contribution in [1.82, 2.24) is 10.2 Å². The van der Waals surface area contributed by atoms with Crippen LogP contribution in [0.3, 0.4) is 0 Å². The minimum atomic E-state index is -4.18. The maximum Gasteiger partial charge on any atom is 0.264 e. The van der Waals surface area contributed by atoms with Gasteiger partial charge in [-0.2, -0.15) is 0 Å². The zero-order chi connectivity index (χ0) is 34.1. The van der Waals surface area contributed by atoms with Gasteiger partial charge in [-0.15, -0.1) is 0 Å². The first-order valence-corrected chi connectivity index (χ1v) is 18.0. The van der Waals surface area contributed by atoms with Crippen LogP contribution in [0, 0.1) is 13.8 Å². The standard InChI is InChI=1S/C39H45N3O5S/c1-29-14-18-32(19-15-29)27-41(37(26-31-10-6-4-7-11-31)39(44)40-33-12-8-5-9-13-33)38(43)28-42(34-20-22-35(47-3)23-21-34)48(45,46)36-24-16-30(2)17-25-36/h4,6-7,10-11,14-25,33,37H,5,8-9,12-13,26-28H2,1-3H3,(H,40,44)/t37-/m0/s1. The molecule has 0 aromatic heterocycles. The first-order valence-electron chi connectivity index (χ1n) is 16.6. The summed E-state index contributed by atoms with van der Waals surface area (Å²) in [6.45, 7) is 3.51. The highest BCUT2D eigenvalue weighted by atomic mass is 32.2. The van der Waals surface area contributed by atoms with Crippen LogP contribution in [0.15, 0.2) is 108 Å². The molecule has 4 aromatic rings. The van der Waals surface area contributed by atoms with Gasteiger partial charge in [-0.3, -0.25) is 13.9 Å². The molecule has 0 saturated heterocycles. The third-order valence-electron chi connectivity index (χ3n) is 8.94.